The molecule has 2 N–H and O–H groups in total. The molecule has 0 spiro atoms. The molecule has 10 heteroatoms. The van der Waals surface area contributed by atoms with E-state index in [1.165, 1.54) is 0 Å². The Bertz CT molecular complexity index is 922. The molecule has 2 aliphatic heterocycles. The van der Waals surface area contributed by atoms with Crippen LogP contribution in [0.2, 0.25) is 0 Å². The van der Waals surface area contributed by atoms with E-state index in [1.54, 1.807) is 12.3 Å². The fourth-order valence-electron chi connectivity index (χ4n) is 3.95. The van der Waals surface area contributed by atoms with E-state index in [1.807, 2.05) is 12.1 Å². The largest absolute Gasteiger partial charge is 0.507 e. The number of hydrogen-bond donors (Lipinski definition) is 2. The molecule has 2 fully saturated rings. The number of rotatable bonds is 8. The molecule has 0 unspecified atom stereocenters. The van der Waals surface area contributed by atoms with Gasteiger partial charge in [-0.1, -0.05) is 0 Å². The van der Waals surface area contributed by atoms with E-state index >= 15 is 0 Å². The van der Waals surface area contributed by atoms with Gasteiger partial charge in [-0.05, 0) is 38.8 Å². The minimum absolute atomic E-state index is 0.183. The predicted molar refractivity (Wildman–Crippen MR) is 127 cm³/mol. The number of hydrogen-bond acceptors (Lipinski definition) is 10. The van der Waals surface area contributed by atoms with Gasteiger partial charge in [-0.3, -0.25) is 0 Å². The first-order valence-electron chi connectivity index (χ1n) is 11.4. The zero-order valence-corrected chi connectivity index (χ0v) is 18.9. The van der Waals surface area contributed by atoms with Crippen molar-refractivity contribution >= 4 is 29.7 Å². The Balaban J connectivity index is 1.51. The zero-order valence-electron chi connectivity index (χ0n) is 18.9. The summed E-state index contributed by atoms with van der Waals surface area (Å²) in [4.78, 5) is 20.3. The lowest BCUT2D eigenvalue weighted by Crippen LogP contribution is -2.38. The number of phenols is 1. The summed E-state index contributed by atoms with van der Waals surface area (Å²) in [7, 11) is 0. The number of morpholine rings is 1. The number of aromatic hydroxyl groups is 1. The van der Waals surface area contributed by atoms with Gasteiger partial charge in [-0.15, -0.1) is 0 Å². The molecule has 0 bridgehead atoms. The molecule has 172 valence electrons. The average molecular weight is 441 g/mol. The number of nitrogens with one attached hydrogen (secondary N) is 1. The molecule has 1 aromatic carbocycles. The molecular weight excluding hydrogens is 408 g/mol. The maximum Gasteiger partial charge on any atom is 0.250 e. The maximum absolute atomic E-state index is 10.4. The summed E-state index contributed by atoms with van der Waals surface area (Å²) < 4.78 is 5.45. The summed E-state index contributed by atoms with van der Waals surface area (Å²) in [5.74, 6) is 1.87. The molecule has 2 aromatic rings. The number of nitrogens with zero attached hydrogens (tertiary/aromatic N) is 7. The first-order chi connectivity index (χ1) is 15.7. The van der Waals surface area contributed by atoms with Gasteiger partial charge in [0.15, 0.2) is 0 Å². The molecule has 0 amide bonds. The molecule has 1 aromatic heterocycles. The van der Waals surface area contributed by atoms with E-state index in [2.05, 4.69) is 49.0 Å². The summed E-state index contributed by atoms with van der Waals surface area (Å²) in [6, 6.07) is 5.61. The van der Waals surface area contributed by atoms with Crippen LogP contribution in [0.4, 0.5) is 23.5 Å². The van der Waals surface area contributed by atoms with E-state index in [0.717, 1.165) is 57.8 Å². The Kier molecular flexibility index (Phi) is 7.21. The van der Waals surface area contributed by atoms with Crippen LogP contribution in [0.25, 0.3) is 0 Å². The van der Waals surface area contributed by atoms with Gasteiger partial charge in [0.1, 0.15) is 5.75 Å². The molecule has 32 heavy (non-hydrogen) atoms. The first kappa shape index (κ1) is 22.1. The van der Waals surface area contributed by atoms with E-state index in [-0.39, 0.29) is 5.75 Å². The highest BCUT2D eigenvalue weighted by Gasteiger charge is 2.21. The fraction of sp³-hybridized carbons (Fsp3) is 0.545. The van der Waals surface area contributed by atoms with Crippen LogP contribution in [0.15, 0.2) is 23.3 Å². The van der Waals surface area contributed by atoms with Gasteiger partial charge < -0.3 is 24.5 Å². The van der Waals surface area contributed by atoms with Crippen LogP contribution in [0, 0.1) is 0 Å². The zero-order chi connectivity index (χ0) is 22.3. The summed E-state index contributed by atoms with van der Waals surface area (Å²) >= 11 is 0. The van der Waals surface area contributed by atoms with Crippen molar-refractivity contribution in [3.63, 3.8) is 0 Å². The molecule has 10 nitrogen and oxygen atoms in total. The molecule has 4 rings (SSSR count). The minimum Gasteiger partial charge on any atom is -0.507 e. The van der Waals surface area contributed by atoms with Crippen LogP contribution in [-0.2, 0) is 4.74 Å². The predicted octanol–water partition coefficient (Wildman–Crippen LogP) is 2.31. The Labute approximate surface area is 188 Å². The summed E-state index contributed by atoms with van der Waals surface area (Å²) in [5, 5.41) is 14.7. The van der Waals surface area contributed by atoms with Crippen molar-refractivity contribution in [3.05, 3.63) is 23.8 Å². The monoisotopic (exact) mass is 440 g/mol. The van der Waals surface area contributed by atoms with Crippen molar-refractivity contribution in [1.82, 2.24) is 15.0 Å². The van der Waals surface area contributed by atoms with Crippen LogP contribution in [0.3, 0.4) is 0 Å². The second-order valence-corrected chi connectivity index (χ2v) is 7.84. The Morgan fingerprint density at radius 3 is 2.31 bits per heavy atom. The van der Waals surface area contributed by atoms with Crippen molar-refractivity contribution in [3.8, 4) is 5.75 Å². The number of hydrazone groups is 1. The lowest BCUT2D eigenvalue weighted by molar-refractivity contribution is 0.122. The van der Waals surface area contributed by atoms with Crippen molar-refractivity contribution in [2.24, 2.45) is 5.10 Å². The van der Waals surface area contributed by atoms with Crippen molar-refractivity contribution in [2.45, 2.75) is 26.7 Å². The van der Waals surface area contributed by atoms with Gasteiger partial charge in [0.05, 0.1) is 19.4 Å². The summed E-state index contributed by atoms with van der Waals surface area (Å²) in [6.45, 7) is 10.7. The molecule has 3 heterocycles. The highest BCUT2D eigenvalue weighted by molar-refractivity contribution is 5.84. The highest BCUT2D eigenvalue weighted by Crippen LogP contribution is 2.24. The number of benzene rings is 1. The Hall–Kier alpha value is -3.14. The summed E-state index contributed by atoms with van der Waals surface area (Å²) in [5.41, 5.74) is 4.53. The van der Waals surface area contributed by atoms with Gasteiger partial charge in [0, 0.05) is 56.6 Å². The standard InChI is InChI=1S/C22H32N8O2/c1-3-28(4-2)18-8-7-17(19(31)15-18)16-23-27-20-24-21(29-9-5-6-10-29)26-22(25-20)30-11-13-32-14-12-30/h7-8,15-16,31H,3-6,9-14H2,1-2H3,(H,24,25,26,27)/b23-16-. The van der Waals surface area contributed by atoms with Gasteiger partial charge in [-0.2, -0.15) is 20.1 Å². The molecule has 2 saturated heterocycles. The molecule has 0 saturated carbocycles. The number of ether oxygens (including phenoxy) is 1. The van der Waals surface area contributed by atoms with Gasteiger partial charge >= 0.3 is 0 Å². The van der Waals surface area contributed by atoms with Crippen LogP contribution >= 0.6 is 0 Å². The second kappa shape index (κ2) is 10.4. The molecule has 2 aliphatic rings. The minimum atomic E-state index is 0.183. The molecule has 0 atom stereocenters. The smallest absolute Gasteiger partial charge is 0.250 e. The molecule has 0 radical (unpaired) electrons. The van der Waals surface area contributed by atoms with Gasteiger partial charge in [-0.25, -0.2) is 5.43 Å². The first-order valence-corrected chi connectivity index (χ1v) is 11.4. The topological polar surface area (TPSA) is 102 Å². The number of phenolic OH excluding ortho intramolecular Hbond substituents is 1. The Morgan fingerprint density at radius 2 is 1.69 bits per heavy atom. The van der Waals surface area contributed by atoms with Crippen molar-refractivity contribution in [1.29, 1.82) is 0 Å². The number of anilines is 4. The van der Waals surface area contributed by atoms with Gasteiger partial charge in [0.25, 0.3) is 0 Å². The van der Waals surface area contributed by atoms with Gasteiger partial charge in [0.2, 0.25) is 17.8 Å². The van der Waals surface area contributed by atoms with E-state index < -0.39 is 0 Å². The quantitative estimate of drug-likeness (QED) is 0.473. The fourth-order valence-corrected chi connectivity index (χ4v) is 3.95. The third-order valence-electron chi connectivity index (χ3n) is 5.81. The van der Waals surface area contributed by atoms with Crippen LogP contribution in [0.1, 0.15) is 32.3 Å². The summed E-state index contributed by atoms with van der Waals surface area (Å²) in [6.07, 6.45) is 3.86. The lowest BCUT2D eigenvalue weighted by Gasteiger charge is -2.27. The maximum atomic E-state index is 10.4. The third kappa shape index (κ3) is 5.18. The van der Waals surface area contributed by atoms with Crippen LogP contribution in [0.5, 0.6) is 5.75 Å². The highest BCUT2D eigenvalue weighted by atomic mass is 16.5. The normalized spacial score (nSPS) is 16.7. The second-order valence-electron chi connectivity index (χ2n) is 7.84. The van der Waals surface area contributed by atoms with E-state index in [4.69, 9.17) is 9.72 Å². The SMILES string of the molecule is CCN(CC)c1ccc(/C=N\Nc2nc(N3CCCC3)nc(N3CCOCC3)n2)c(O)c1. The Morgan fingerprint density at radius 1 is 1.03 bits per heavy atom. The number of aromatic nitrogens is 3. The van der Waals surface area contributed by atoms with Crippen molar-refractivity contribution < 1.29 is 9.84 Å². The van der Waals surface area contributed by atoms with Crippen LogP contribution in [-0.4, -0.2) is 78.8 Å². The lowest BCUT2D eigenvalue weighted by atomic mass is 10.2. The average Bonchev–Trinajstić information content (AvgIpc) is 3.37. The van der Waals surface area contributed by atoms with Crippen LogP contribution < -0.4 is 20.1 Å². The van der Waals surface area contributed by atoms with E-state index in [0.29, 0.717) is 36.6 Å². The molecule has 0 aliphatic carbocycles. The third-order valence-corrected chi connectivity index (χ3v) is 5.81. The molecular formula is C22H32N8O2. The van der Waals surface area contributed by atoms with Crippen molar-refractivity contribution in [2.75, 3.05) is 72.6 Å². The van der Waals surface area contributed by atoms with E-state index in [9.17, 15) is 5.11 Å².